The lowest BCUT2D eigenvalue weighted by atomic mass is 9.85. The number of benzene rings is 1. The van der Waals surface area contributed by atoms with Gasteiger partial charge in [0.25, 0.3) is 0 Å². The van der Waals surface area contributed by atoms with Crippen molar-refractivity contribution in [3.05, 3.63) is 30.3 Å². The first-order valence-corrected chi connectivity index (χ1v) is 9.65. The van der Waals surface area contributed by atoms with Gasteiger partial charge in [0.1, 0.15) is 5.54 Å². The number of ether oxygens (including phenoxy) is 1. The highest BCUT2D eigenvalue weighted by Gasteiger charge is 2.53. The van der Waals surface area contributed by atoms with Gasteiger partial charge in [-0.25, -0.2) is 4.79 Å². The van der Waals surface area contributed by atoms with E-state index in [9.17, 15) is 19.5 Å². The van der Waals surface area contributed by atoms with E-state index in [4.69, 9.17) is 0 Å². The molecule has 152 valence electrons. The van der Waals surface area contributed by atoms with Crippen molar-refractivity contribution in [2.24, 2.45) is 0 Å². The molecule has 2 aliphatic rings. The largest absolute Gasteiger partial charge is 0.469 e. The van der Waals surface area contributed by atoms with E-state index in [2.05, 4.69) is 9.64 Å². The fourth-order valence-corrected chi connectivity index (χ4v) is 4.11. The van der Waals surface area contributed by atoms with Crippen LogP contribution in [0.2, 0.25) is 0 Å². The third kappa shape index (κ3) is 3.90. The average molecular weight is 389 g/mol. The summed E-state index contributed by atoms with van der Waals surface area (Å²) in [6.07, 6.45) is 1.76. The fraction of sp³-hybridized carbons (Fsp3) is 0.550. The highest BCUT2D eigenvalue weighted by Crippen LogP contribution is 2.39. The van der Waals surface area contributed by atoms with Gasteiger partial charge in [-0.2, -0.15) is 0 Å². The monoisotopic (exact) mass is 389 g/mol. The van der Waals surface area contributed by atoms with E-state index in [1.807, 2.05) is 35.2 Å². The number of hydrogen-bond donors (Lipinski definition) is 1. The van der Waals surface area contributed by atoms with Crippen molar-refractivity contribution in [1.29, 1.82) is 0 Å². The Morgan fingerprint density at radius 3 is 2.43 bits per heavy atom. The zero-order valence-corrected chi connectivity index (χ0v) is 16.2. The van der Waals surface area contributed by atoms with E-state index in [1.165, 1.54) is 12.0 Å². The number of carbonyl (C=O) groups is 3. The molecule has 0 saturated carbocycles. The Morgan fingerprint density at radius 2 is 1.82 bits per heavy atom. The molecule has 28 heavy (non-hydrogen) atoms. The first-order chi connectivity index (χ1) is 13.5. The van der Waals surface area contributed by atoms with Crippen molar-refractivity contribution < 1.29 is 24.2 Å². The predicted molar refractivity (Wildman–Crippen MR) is 103 cm³/mol. The van der Waals surface area contributed by atoms with Crippen molar-refractivity contribution in [2.75, 3.05) is 38.3 Å². The minimum absolute atomic E-state index is 0.0551. The van der Waals surface area contributed by atoms with Gasteiger partial charge in [0.2, 0.25) is 5.91 Å². The van der Waals surface area contributed by atoms with Crippen LogP contribution in [0.5, 0.6) is 0 Å². The van der Waals surface area contributed by atoms with Crippen LogP contribution in [0.25, 0.3) is 0 Å². The molecule has 2 heterocycles. The van der Waals surface area contributed by atoms with E-state index in [0.29, 0.717) is 52.0 Å². The van der Waals surface area contributed by atoms with Gasteiger partial charge in [0, 0.05) is 31.7 Å². The summed E-state index contributed by atoms with van der Waals surface area (Å²) in [4.78, 5) is 41.2. The Balaban J connectivity index is 1.73. The molecule has 1 N–H and O–H groups in total. The zero-order valence-electron chi connectivity index (χ0n) is 16.2. The fourth-order valence-electron chi connectivity index (χ4n) is 4.11. The van der Waals surface area contributed by atoms with E-state index < -0.39 is 11.6 Å². The van der Waals surface area contributed by atoms with Crippen LogP contribution in [0.3, 0.4) is 0 Å². The van der Waals surface area contributed by atoms with Crippen LogP contribution in [-0.2, 0) is 14.3 Å². The Bertz CT molecular complexity index is 716. The highest BCUT2D eigenvalue weighted by molar-refractivity contribution is 5.93. The maximum absolute atomic E-state index is 13.4. The maximum atomic E-state index is 13.4. The molecule has 1 aromatic rings. The quantitative estimate of drug-likeness (QED) is 0.592. The van der Waals surface area contributed by atoms with Gasteiger partial charge in [-0.05, 0) is 37.8 Å². The van der Waals surface area contributed by atoms with Gasteiger partial charge in [-0.3, -0.25) is 9.59 Å². The van der Waals surface area contributed by atoms with Crippen molar-refractivity contribution in [2.45, 2.75) is 37.6 Å². The second-order valence-electron chi connectivity index (χ2n) is 7.31. The third-order valence-corrected chi connectivity index (χ3v) is 5.73. The summed E-state index contributed by atoms with van der Waals surface area (Å²) in [5, 5.41) is 9.26. The predicted octanol–water partition coefficient (Wildman–Crippen LogP) is 2.15. The number of carboxylic acid groups (broad SMARTS) is 1. The van der Waals surface area contributed by atoms with Gasteiger partial charge >= 0.3 is 12.1 Å². The summed E-state index contributed by atoms with van der Waals surface area (Å²) in [7, 11) is 1.37. The molecule has 8 heteroatoms. The summed E-state index contributed by atoms with van der Waals surface area (Å²) >= 11 is 0. The van der Waals surface area contributed by atoms with Crippen LogP contribution in [-0.4, -0.2) is 71.8 Å². The van der Waals surface area contributed by atoms with Crippen LogP contribution >= 0.6 is 0 Å². The molecular formula is C20H27N3O5. The first kappa shape index (κ1) is 20.0. The van der Waals surface area contributed by atoms with Gasteiger partial charge in [-0.1, -0.05) is 18.2 Å². The van der Waals surface area contributed by atoms with Gasteiger partial charge in [0.15, 0.2) is 0 Å². The number of carbonyl (C=O) groups excluding carboxylic acids is 2. The third-order valence-electron chi connectivity index (χ3n) is 5.73. The van der Waals surface area contributed by atoms with Crippen LogP contribution in [0.4, 0.5) is 10.5 Å². The lowest BCUT2D eigenvalue weighted by molar-refractivity contribution is -0.140. The number of methoxy groups -OCH3 is 1. The first-order valence-electron chi connectivity index (χ1n) is 9.65. The van der Waals surface area contributed by atoms with Gasteiger partial charge in [0.05, 0.1) is 13.8 Å². The number of nitrogens with zero attached hydrogens (tertiary/aromatic N) is 3. The summed E-state index contributed by atoms with van der Waals surface area (Å²) in [6, 6.07) is 9.79. The standard InChI is InChI=1S/C20H27N3O5/c1-28-17(24)9-5-6-12-22-15-23(16-7-3-2-4-8-16)20(18(22)25)10-13-21(14-11-20)19(26)27/h2-4,7-8H,5-6,9-15H2,1H3,(H,26,27). The van der Waals surface area contributed by atoms with E-state index in [-0.39, 0.29) is 11.9 Å². The molecule has 3 rings (SSSR count). The Hall–Kier alpha value is -2.77. The molecule has 0 aromatic heterocycles. The SMILES string of the molecule is COC(=O)CCCCN1CN(c2ccccc2)C2(CCN(C(=O)O)CC2)C1=O. The van der Waals surface area contributed by atoms with Crippen LogP contribution < -0.4 is 4.90 Å². The number of para-hydroxylation sites is 1. The molecule has 2 aliphatic heterocycles. The highest BCUT2D eigenvalue weighted by atomic mass is 16.5. The van der Waals surface area contributed by atoms with Crippen LogP contribution in [0, 0.1) is 0 Å². The molecular weight excluding hydrogens is 362 g/mol. The number of rotatable bonds is 6. The maximum Gasteiger partial charge on any atom is 0.407 e. The molecule has 1 spiro atoms. The summed E-state index contributed by atoms with van der Waals surface area (Å²) < 4.78 is 4.66. The lowest BCUT2D eigenvalue weighted by Gasteiger charge is -2.42. The molecule has 0 radical (unpaired) electrons. The van der Waals surface area contributed by atoms with Crippen LogP contribution in [0.15, 0.2) is 30.3 Å². The minimum Gasteiger partial charge on any atom is -0.469 e. The second-order valence-corrected chi connectivity index (χ2v) is 7.31. The molecule has 0 atom stereocenters. The van der Waals surface area contributed by atoms with E-state index in [1.54, 1.807) is 0 Å². The van der Waals surface area contributed by atoms with Crippen LogP contribution in [0.1, 0.15) is 32.1 Å². The normalized spacial score (nSPS) is 18.6. The number of anilines is 1. The Kier molecular flexibility index (Phi) is 6.06. The topological polar surface area (TPSA) is 90.4 Å². The summed E-state index contributed by atoms with van der Waals surface area (Å²) in [5.74, 6) is -0.185. The number of amides is 2. The van der Waals surface area contributed by atoms with E-state index >= 15 is 0 Å². The van der Waals surface area contributed by atoms with E-state index in [0.717, 1.165) is 12.1 Å². The molecule has 8 nitrogen and oxygen atoms in total. The molecule has 0 aliphatic carbocycles. The van der Waals surface area contributed by atoms with Gasteiger partial charge < -0.3 is 24.5 Å². The van der Waals surface area contributed by atoms with Gasteiger partial charge in [-0.15, -0.1) is 0 Å². The smallest absolute Gasteiger partial charge is 0.407 e. The zero-order chi connectivity index (χ0) is 20.1. The number of unbranched alkanes of at least 4 members (excludes halogenated alkanes) is 1. The van der Waals surface area contributed by atoms with Crippen molar-refractivity contribution >= 4 is 23.7 Å². The van der Waals surface area contributed by atoms with Crippen molar-refractivity contribution in [3.8, 4) is 0 Å². The Labute approximate surface area is 164 Å². The molecule has 2 fully saturated rings. The Morgan fingerprint density at radius 1 is 1.14 bits per heavy atom. The summed E-state index contributed by atoms with van der Waals surface area (Å²) in [5.41, 5.74) is 0.270. The minimum atomic E-state index is -0.939. The molecule has 2 saturated heterocycles. The van der Waals surface area contributed by atoms with Crippen molar-refractivity contribution in [3.63, 3.8) is 0 Å². The number of likely N-dealkylation sites (tertiary alicyclic amines) is 1. The lowest BCUT2D eigenvalue weighted by Crippen LogP contribution is -2.57. The summed E-state index contributed by atoms with van der Waals surface area (Å²) in [6.45, 7) is 1.75. The number of esters is 1. The molecule has 2 amide bonds. The molecule has 0 unspecified atom stereocenters. The molecule has 1 aromatic carbocycles. The number of hydrogen-bond acceptors (Lipinski definition) is 5. The van der Waals surface area contributed by atoms with Crippen molar-refractivity contribution in [1.82, 2.24) is 9.80 Å². The second kappa shape index (κ2) is 8.50. The number of piperidine rings is 1. The molecule has 0 bridgehead atoms. The average Bonchev–Trinajstić information content (AvgIpc) is 2.98.